The smallest absolute Gasteiger partial charge is 0.259 e. The van der Waals surface area contributed by atoms with Gasteiger partial charge in [-0.2, -0.15) is 0 Å². The molecule has 2 N–H and O–H groups in total. The first-order valence-corrected chi connectivity index (χ1v) is 11.5. The summed E-state index contributed by atoms with van der Waals surface area (Å²) in [5.74, 6) is 0.979. The van der Waals surface area contributed by atoms with Gasteiger partial charge in [0.2, 0.25) is 0 Å². The van der Waals surface area contributed by atoms with E-state index >= 15 is 0 Å². The van der Waals surface area contributed by atoms with Gasteiger partial charge in [0.25, 0.3) is 5.91 Å². The zero-order valence-electron chi connectivity index (χ0n) is 17.5. The van der Waals surface area contributed by atoms with Crippen LogP contribution in [-0.4, -0.2) is 35.0 Å². The monoisotopic (exact) mass is 404 g/mol. The van der Waals surface area contributed by atoms with Crippen molar-refractivity contribution >= 4 is 5.91 Å². The van der Waals surface area contributed by atoms with Gasteiger partial charge in [-0.1, -0.05) is 79.9 Å². The first kappa shape index (κ1) is 19.8. The van der Waals surface area contributed by atoms with Crippen molar-refractivity contribution in [3.63, 3.8) is 0 Å². The second-order valence-electron chi connectivity index (χ2n) is 9.40. The topological polar surface area (TPSA) is 52.6 Å². The summed E-state index contributed by atoms with van der Waals surface area (Å²) in [6.07, 6.45) is 5.27. The van der Waals surface area contributed by atoms with Gasteiger partial charge in [-0.25, -0.2) is 0 Å². The molecule has 3 fully saturated rings. The van der Waals surface area contributed by atoms with Crippen molar-refractivity contribution in [2.45, 2.75) is 50.3 Å². The number of hydrogen-bond donors (Lipinski definition) is 2. The van der Waals surface area contributed by atoms with Gasteiger partial charge in [-0.15, -0.1) is 0 Å². The molecule has 2 aromatic rings. The molecule has 1 heterocycles. The Morgan fingerprint density at radius 3 is 2.17 bits per heavy atom. The van der Waals surface area contributed by atoms with Gasteiger partial charge < -0.3 is 15.3 Å². The zero-order chi connectivity index (χ0) is 20.6. The van der Waals surface area contributed by atoms with Crippen LogP contribution in [-0.2, 0) is 16.9 Å². The van der Waals surface area contributed by atoms with Crippen LogP contribution in [0.1, 0.15) is 43.2 Å². The minimum absolute atomic E-state index is 0.0186. The minimum Gasteiger partial charge on any atom is -0.375 e. The predicted octanol–water partition coefficient (Wildman–Crippen LogP) is 3.70. The van der Waals surface area contributed by atoms with Gasteiger partial charge in [-0.05, 0) is 35.8 Å². The summed E-state index contributed by atoms with van der Waals surface area (Å²) in [5.41, 5.74) is 0.679. The first-order valence-electron chi connectivity index (χ1n) is 11.5. The number of hydrogen-bond acceptors (Lipinski definition) is 3. The Bertz CT molecular complexity index is 853. The fraction of sp³-hybridized carbons (Fsp3) is 0.500. The van der Waals surface area contributed by atoms with E-state index in [1.807, 2.05) is 41.3 Å². The minimum atomic E-state index is -1.38. The van der Waals surface area contributed by atoms with Crippen molar-refractivity contribution < 1.29 is 9.90 Å². The number of rotatable bonds is 6. The number of carbonyl (C=O) groups is 1. The molecule has 158 valence electrons. The van der Waals surface area contributed by atoms with E-state index in [0.717, 1.165) is 50.9 Å². The summed E-state index contributed by atoms with van der Waals surface area (Å²) >= 11 is 0. The summed E-state index contributed by atoms with van der Waals surface area (Å²) in [6, 6.07) is 20.6. The number of carbonyl (C=O) groups excluding carboxylic acids is 1. The molecule has 3 atom stereocenters. The lowest BCUT2D eigenvalue weighted by Gasteiger charge is -2.40. The molecule has 0 aromatic heterocycles. The molecule has 0 spiro atoms. The zero-order valence-corrected chi connectivity index (χ0v) is 17.5. The molecule has 2 saturated carbocycles. The van der Waals surface area contributed by atoms with E-state index in [0.29, 0.717) is 17.9 Å². The van der Waals surface area contributed by atoms with Crippen LogP contribution in [0.2, 0.25) is 0 Å². The van der Waals surface area contributed by atoms with Crippen molar-refractivity contribution in [1.29, 1.82) is 0 Å². The van der Waals surface area contributed by atoms with Crippen LogP contribution in [0, 0.1) is 17.8 Å². The average Bonchev–Trinajstić information content (AvgIpc) is 3.26. The van der Waals surface area contributed by atoms with E-state index < -0.39 is 5.60 Å². The van der Waals surface area contributed by atoms with Crippen LogP contribution in [0.15, 0.2) is 60.7 Å². The van der Waals surface area contributed by atoms with E-state index in [-0.39, 0.29) is 11.8 Å². The molecule has 1 amide bonds. The Balaban J connectivity index is 1.26. The van der Waals surface area contributed by atoms with Crippen LogP contribution in [0.4, 0.5) is 0 Å². The number of amides is 1. The van der Waals surface area contributed by atoms with Crippen molar-refractivity contribution in [3.8, 4) is 0 Å². The normalized spacial score (nSPS) is 28.0. The van der Waals surface area contributed by atoms with Crippen LogP contribution < -0.4 is 5.32 Å². The molecule has 5 rings (SSSR count). The average molecular weight is 405 g/mol. The quantitative estimate of drug-likeness (QED) is 0.772. The molecular weight excluding hydrogens is 372 g/mol. The highest BCUT2D eigenvalue weighted by atomic mass is 16.3. The Hall–Kier alpha value is -2.17. The summed E-state index contributed by atoms with van der Waals surface area (Å²) in [5, 5.41) is 15.5. The lowest BCUT2D eigenvalue weighted by Crippen LogP contribution is -2.52. The third-order valence-electron chi connectivity index (χ3n) is 7.60. The molecule has 4 nitrogen and oxygen atoms in total. The maximum Gasteiger partial charge on any atom is 0.259 e. The van der Waals surface area contributed by atoms with E-state index in [1.54, 1.807) is 0 Å². The number of piperidine rings is 1. The Morgan fingerprint density at radius 1 is 0.933 bits per heavy atom. The fourth-order valence-corrected chi connectivity index (χ4v) is 5.81. The standard InChI is InChI=1S/C26H32N2O2/c29-25(26(30,20-12-6-2-7-13-20)21-14-8-3-9-15-21)28-17-22-23(18-28)24(22)27-16-19-10-4-1-5-11-19/h1-2,4-7,10-13,21-24,27,30H,3,8-9,14-18H2. The van der Waals surface area contributed by atoms with Gasteiger partial charge in [0, 0.05) is 31.6 Å². The fourth-order valence-electron chi connectivity index (χ4n) is 5.81. The summed E-state index contributed by atoms with van der Waals surface area (Å²) in [6.45, 7) is 2.40. The van der Waals surface area contributed by atoms with E-state index in [2.05, 4.69) is 29.6 Å². The second kappa shape index (κ2) is 8.16. The number of nitrogens with zero attached hydrogens (tertiary/aromatic N) is 1. The third kappa shape index (κ3) is 3.57. The lowest BCUT2D eigenvalue weighted by atomic mass is 9.72. The Morgan fingerprint density at radius 2 is 1.53 bits per heavy atom. The van der Waals surface area contributed by atoms with Gasteiger partial charge in [0.1, 0.15) is 0 Å². The molecule has 2 aliphatic carbocycles. The highest BCUT2D eigenvalue weighted by Gasteiger charge is 2.59. The lowest BCUT2D eigenvalue weighted by molar-refractivity contribution is -0.160. The summed E-state index contributed by atoms with van der Waals surface area (Å²) in [4.78, 5) is 15.6. The predicted molar refractivity (Wildman–Crippen MR) is 118 cm³/mol. The summed E-state index contributed by atoms with van der Waals surface area (Å²) < 4.78 is 0. The van der Waals surface area contributed by atoms with Gasteiger partial charge in [0.15, 0.2) is 5.60 Å². The highest BCUT2D eigenvalue weighted by Crippen LogP contribution is 2.48. The molecule has 3 unspecified atom stereocenters. The second-order valence-corrected chi connectivity index (χ2v) is 9.40. The van der Waals surface area contributed by atoms with Crippen LogP contribution >= 0.6 is 0 Å². The highest BCUT2D eigenvalue weighted by molar-refractivity contribution is 5.87. The van der Waals surface area contributed by atoms with Crippen molar-refractivity contribution in [2.75, 3.05) is 13.1 Å². The number of benzene rings is 2. The molecule has 0 radical (unpaired) electrons. The summed E-state index contributed by atoms with van der Waals surface area (Å²) in [7, 11) is 0. The van der Waals surface area contributed by atoms with Crippen LogP contribution in [0.5, 0.6) is 0 Å². The molecule has 2 aromatic carbocycles. The maximum absolute atomic E-state index is 13.7. The molecule has 1 aliphatic heterocycles. The van der Waals surface area contributed by atoms with Crippen LogP contribution in [0.3, 0.4) is 0 Å². The first-order chi connectivity index (χ1) is 14.7. The molecular formula is C26H32N2O2. The Kier molecular flexibility index (Phi) is 5.38. The number of fused-ring (bicyclic) bond motifs is 1. The number of likely N-dealkylation sites (tertiary alicyclic amines) is 1. The van der Waals surface area contributed by atoms with Crippen LogP contribution in [0.25, 0.3) is 0 Å². The number of aliphatic hydroxyl groups is 1. The Labute approximate surface area is 179 Å². The number of nitrogens with one attached hydrogen (secondary N) is 1. The van der Waals surface area contributed by atoms with E-state index in [4.69, 9.17) is 0 Å². The van der Waals surface area contributed by atoms with Crippen molar-refractivity contribution in [2.24, 2.45) is 17.8 Å². The van der Waals surface area contributed by atoms with E-state index in [1.165, 1.54) is 12.0 Å². The molecule has 1 saturated heterocycles. The third-order valence-corrected chi connectivity index (χ3v) is 7.60. The molecule has 0 bridgehead atoms. The van der Waals surface area contributed by atoms with Gasteiger partial charge in [-0.3, -0.25) is 4.79 Å². The van der Waals surface area contributed by atoms with Crippen molar-refractivity contribution in [1.82, 2.24) is 10.2 Å². The SMILES string of the molecule is O=C(N1CC2C(C1)C2NCc1ccccc1)C(O)(c1ccccc1)C1CCCCC1. The molecule has 3 aliphatic rings. The maximum atomic E-state index is 13.7. The molecule has 30 heavy (non-hydrogen) atoms. The van der Waals surface area contributed by atoms with E-state index in [9.17, 15) is 9.90 Å². The van der Waals surface area contributed by atoms with Crippen molar-refractivity contribution in [3.05, 3.63) is 71.8 Å². The largest absolute Gasteiger partial charge is 0.375 e. The van der Waals surface area contributed by atoms with Gasteiger partial charge in [0.05, 0.1) is 0 Å². The van der Waals surface area contributed by atoms with Gasteiger partial charge >= 0.3 is 0 Å². The molecule has 4 heteroatoms.